The number of rotatable bonds is 3. The first-order chi connectivity index (χ1) is 9.79. The second-order valence-corrected chi connectivity index (χ2v) is 7.89. The molecule has 0 saturated heterocycles. The molecule has 1 N–H and O–H groups in total. The number of ketones is 1. The van der Waals surface area contributed by atoms with E-state index in [1.807, 2.05) is 0 Å². The maximum absolute atomic E-state index is 12.7. The molecular weight excluding hydrogens is 286 g/mol. The van der Waals surface area contributed by atoms with Crippen LogP contribution in [-0.2, 0) is 4.79 Å². The van der Waals surface area contributed by atoms with Gasteiger partial charge in [-0.25, -0.2) is 9.78 Å². The molecule has 21 heavy (non-hydrogen) atoms. The van der Waals surface area contributed by atoms with Crippen molar-refractivity contribution in [3.63, 3.8) is 0 Å². The van der Waals surface area contributed by atoms with E-state index in [1.54, 1.807) is 18.3 Å². The zero-order chi connectivity index (χ0) is 15.4. The number of thioether (sulfide) groups is 1. The first kappa shape index (κ1) is 14.6. The predicted molar refractivity (Wildman–Crippen MR) is 80.5 cm³/mol. The number of pyridine rings is 1. The number of carboxylic acids is 1. The summed E-state index contributed by atoms with van der Waals surface area (Å²) in [6.07, 6.45) is 3.55. The van der Waals surface area contributed by atoms with Crippen LogP contribution < -0.4 is 0 Å². The Bertz CT molecular complexity index is 628. The average molecular weight is 305 g/mol. The van der Waals surface area contributed by atoms with E-state index in [4.69, 9.17) is 0 Å². The minimum atomic E-state index is -0.995. The van der Waals surface area contributed by atoms with Gasteiger partial charge in [-0.1, -0.05) is 32.5 Å². The Morgan fingerprint density at radius 3 is 2.71 bits per heavy atom. The van der Waals surface area contributed by atoms with Crippen LogP contribution in [0.3, 0.4) is 0 Å². The number of hydrogen-bond donors (Lipinski definition) is 1. The van der Waals surface area contributed by atoms with Gasteiger partial charge in [-0.15, -0.1) is 0 Å². The Hall–Kier alpha value is -1.36. The van der Waals surface area contributed by atoms with E-state index < -0.39 is 5.97 Å². The van der Waals surface area contributed by atoms with E-state index in [2.05, 4.69) is 25.8 Å². The highest BCUT2D eigenvalue weighted by atomic mass is 32.2. The van der Waals surface area contributed by atoms with Crippen molar-refractivity contribution in [1.29, 1.82) is 0 Å². The monoisotopic (exact) mass is 305 g/mol. The van der Waals surface area contributed by atoms with Crippen LogP contribution in [-0.4, -0.2) is 27.1 Å². The first-order valence-corrected chi connectivity index (χ1v) is 8.05. The SMILES string of the molecule is CC1(C)[C@@H]2CC[C@]1(C)[C@H](Sc1ncccc1C(=O)O)C2=O. The summed E-state index contributed by atoms with van der Waals surface area (Å²) < 4.78 is 0. The smallest absolute Gasteiger partial charge is 0.338 e. The standard InChI is InChI=1S/C16H19NO3S/c1-15(2)10-6-7-16(15,3)12(11(10)18)21-13-9(14(19)20)5-4-8-17-13/h4-5,8,10,12H,6-7H2,1-3H3,(H,19,20)/t10-,12-,16-/m1/s1. The molecule has 0 aromatic carbocycles. The summed E-state index contributed by atoms with van der Waals surface area (Å²) in [7, 11) is 0. The van der Waals surface area contributed by atoms with Gasteiger partial charge in [-0.3, -0.25) is 4.79 Å². The summed E-state index contributed by atoms with van der Waals surface area (Å²) in [6, 6.07) is 3.16. The lowest BCUT2D eigenvalue weighted by molar-refractivity contribution is -0.122. The molecule has 3 rings (SSSR count). The number of Topliss-reactive ketones (excluding diaryl/α,β-unsaturated/α-hetero) is 1. The van der Waals surface area contributed by atoms with Gasteiger partial charge < -0.3 is 5.11 Å². The summed E-state index contributed by atoms with van der Waals surface area (Å²) in [5.74, 6) is -0.636. The van der Waals surface area contributed by atoms with E-state index in [1.165, 1.54) is 11.8 Å². The summed E-state index contributed by atoms with van der Waals surface area (Å²) >= 11 is 1.34. The molecule has 1 aromatic heterocycles. The van der Waals surface area contributed by atoms with Crippen molar-refractivity contribution < 1.29 is 14.7 Å². The Morgan fingerprint density at radius 1 is 1.43 bits per heavy atom. The van der Waals surface area contributed by atoms with Gasteiger partial charge in [0.15, 0.2) is 0 Å². The van der Waals surface area contributed by atoms with Crippen molar-refractivity contribution in [1.82, 2.24) is 4.98 Å². The van der Waals surface area contributed by atoms with Gasteiger partial charge in [0, 0.05) is 12.1 Å². The third-order valence-corrected chi connectivity index (χ3v) is 7.24. The van der Waals surface area contributed by atoms with Crippen molar-refractivity contribution in [3.05, 3.63) is 23.9 Å². The minimum absolute atomic E-state index is 0.0279. The quantitative estimate of drug-likeness (QED) is 0.928. The largest absolute Gasteiger partial charge is 0.478 e. The molecular formula is C16H19NO3S. The molecule has 112 valence electrons. The van der Waals surface area contributed by atoms with E-state index in [0.717, 1.165) is 12.8 Å². The van der Waals surface area contributed by atoms with E-state index >= 15 is 0 Å². The van der Waals surface area contributed by atoms with Crippen LogP contribution in [0, 0.1) is 16.7 Å². The van der Waals surface area contributed by atoms with Gasteiger partial charge in [0.1, 0.15) is 10.8 Å². The van der Waals surface area contributed by atoms with E-state index in [-0.39, 0.29) is 33.3 Å². The molecule has 5 heteroatoms. The molecule has 4 nitrogen and oxygen atoms in total. The minimum Gasteiger partial charge on any atom is -0.478 e. The van der Waals surface area contributed by atoms with Crippen LogP contribution in [0.1, 0.15) is 44.0 Å². The van der Waals surface area contributed by atoms with Crippen molar-refractivity contribution in [2.24, 2.45) is 16.7 Å². The maximum atomic E-state index is 12.7. The lowest BCUT2D eigenvalue weighted by atomic mass is 9.71. The van der Waals surface area contributed by atoms with Crippen molar-refractivity contribution in [3.8, 4) is 0 Å². The lowest BCUT2D eigenvalue weighted by Gasteiger charge is -2.37. The highest BCUT2D eigenvalue weighted by Gasteiger charge is 2.66. The Morgan fingerprint density at radius 2 is 2.14 bits per heavy atom. The molecule has 2 fully saturated rings. The molecule has 0 unspecified atom stereocenters. The van der Waals surface area contributed by atoms with Crippen LogP contribution in [0.2, 0.25) is 0 Å². The van der Waals surface area contributed by atoms with E-state index in [9.17, 15) is 14.7 Å². The topological polar surface area (TPSA) is 67.3 Å². The summed E-state index contributed by atoms with van der Waals surface area (Å²) in [6.45, 7) is 6.50. The predicted octanol–water partition coefficient (Wildman–Crippen LogP) is 3.27. The molecule has 2 bridgehead atoms. The number of aromatic carboxylic acids is 1. The van der Waals surface area contributed by atoms with Crippen molar-refractivity contribution >= 4 is 23.5 Å². The van der Waals surface area contributed by atoms with Crippen LogP contribution in [0.4, 0.5) is 0 Å². The molecule has 2 aliphatic rings. The normalized spacial score (nSPS) is 33.4. The Balaban J connectivity index is 1.97. The number of fused-ring (bicyclic) bond motifs is 2. The van der Waals surface area contributed by atoms with Crippen LogP contribution in [0.5, 0.6) is 0 Å². The fourth-order valence-corrected chi connectivity index (χ4v) is 5.53. The van der Waals surface area contributed by atoms with Crippen LogP contribution in [0.25, 0.3) is 0 Å². The van der Waals surface area contributed by atoms with Gasteiger partial charge in [0.25, 0.3) is 0 Å². The fraction of sp³-hybridized carbons (Fsp3) is 0.562. The third kappa shape index (κ3) is 1.86. The first-order valence-electron chi connectivity index (χ1n) is 7.18. The fourth-order valence-electron chi connectivity index (χ4n) is 3.94. The van der Waals surface area contributed by atoms with Gasteiger partial charge in [0.05, 0.1) is 10.8 Å². The van der Waals surface area contributed by atoms with E-state index in [0.29, 0.717) is 5.03 Å². The Labute approximate surface area is 128 Å². The van der Waals surface area contributed by atoms with Crippen LogP contribution in [0.15, 0.2) is 23.4 Å². The van der Waals surface area contributed by atoms with Crippen molar-refractivity contribution in [2.75, 3.05) is 0 Å². The van der Waals surface area contributed by atoms with Gasteiger partial charge in [-0.2, -0.15) is 0 Å². The summed E-state index contributed by atoms with van der Waals surface area (Å²) in [5.41, 5.74) is 0.0616. The number of carbonyl (C=O) groups is 2. The number of nitrogens with zero attached hydrogens (tertiary/aromatic N) is 1. The summed E-state index contributed by atoms with van der Waals surface area (Å²) in [4.78, 5) is 28.2. The molecule has 1 heterocycles. The van der Waals surface area contributed by atoms with Gasteiger partial charge in [-0.05, 0) is 35.8 Å². The summed E-state index contributed by atoms with van der Waals surface area (Å²) in [5, 5.41) is 9.52. The molecule has 2 saturated carbocycles. The molecule has 0 radical (unpaired) electrons. The molecule has 3 atom stereocenters. The van der Waals surface area contributed by atoms with Crippen LogP contribution >= 0.6 is 11.8 Å². The second kappa shape index (κ2) is 4.57. The highest BCUT2D eigenvalue weighted by Crippen LogP contribution is 2.67. The molecule has 0 amide bonds. The number of hydrogen-bond acceptors (Lipinski definition) is 4. The Kier molecular flexibility index (Phi) is 3.17. The zero-order valence-electron chi connectivity index (χ0n) is 12.4. The lowest BCUT2D eigenvalue weighted by Crippen LogP contribution is -2.35. The number of carbonyl (C=O) groups excluding carboxylic acids is 1. The third-order valence-electron chi connectivity index (χ3n) is 5.71. The number of aromatic nitrogens is 1. The molecule has 1 aromatic rings. The van der Waals surface area contributed by atoms with Gasteiger partial charge >= 0.3 is 5.97 Å². The highest BCUT2D eigenvalue weighted by molar-refractivity contribution is 8.00. The maximum Gasteiger partial charge on any atom is 0.338 e. The second-order valence-electron chi connectivity index (χ2n) is 6.79. The molecule has 0 spiro atoms. The zero-order valence-corrected chi connectivity index (χ0v) is 13.2. The van der Waals surface area contributed by atoms with Crippen molar-refractivity contribution in [2.45, 2.75) is 43.9 Å². The molecule has 2 aliphatic carbocycles. The average Bonchev–Trinajstić information content (AvgIpc) is 2.73. The van der Waals surface area contributed by atoms with Gasteiger partial charge in [0.2, 0.25) is 0 Å². The molecule has 0 aliphatic heterocycles. The number of carboxylic acid groups (broad SMARTS) is 1.